The van der Waals surface area contributed by atoms with E-state index in [1.807, 2.05) is 0 Å². The van der Waals surface area contributed by atoms with Crippen LogP contribution in [0, 0.1) is 5.92 Å². The summed E-state index contributed by atoms with van der Waals surface area (Å²) in [7, 11) is 0. The van der Waals surface area contributed by atoms with Crippen LogP contribution in [0.2, 0.25) is 15.1 Å². The van der Waals surface area contributed by atoms with E-state index in [9.17, 15) is 14.4 Å². The summed E-state index contributed by atoms with van der Waals surface area (Å²) in [4.78, 5) is 35.7. The molecule has 2 aromatic carbocycles. The molecule has 11 heteroatoms. The van der Waals surface area contributed by atoms with Gasteiger partial charge in [0.15, 0.2) is 0 Å². The van der Waals surface area contributed by atoms with E-state index in [4.69, 9.17) is 58.0 Å². The molecule has 0 saturated heterocycles. The quantitative estimate of drug-likeness (QED) is 0.452. The first-order valence-corrected chi connectivity index (χ1v) is 10.9. The third-order valence-corrected chi connectivity index (χ3v) is 6.29. The summed E-state index contributed by atoms with van der Waals surface area (Å²) < 4.78 is -1.32. The molecule has 2 unspecified atom stereocenters. The van der Waals surface area contributed by atoms with Gasteiger partial charge in [0.1, 0.15) is 4.33 Å². The maximum atomic E-state index is 12.8. The molecule has 1 aliphatic rings. The van der Waals surface area contributed by atoms with Crippen LogP contribution in [0.15, 0.2) is 36.4 Å². The Morgan fingerprint density at radius 2 is 1.61 bits per heavy atom. The second-order valence-electron chi connectivity index (χ2n) is 6.97. The number of benzene rings is 2. The van der Waals surface area contributed by atoms with Gasteiger partial charge in [0.25, 0.3) is 0 Å². The number of carbonyl (C=O) groups is 3. The van der Waals surface area contributed by atoms with E-state index in [1.54, 1.807) is 24.3 Å². The summed E-state index contributed by atoms with van der Waals surface area (Å²) in [6.07, 6.45) is 0. The molecule has 6 nitrogen and oxygen atoms in total. The van der Waals surface area contributed by atoms with E-state index in [2.05, 4.69) is 16.0 Å². The largest absolute Gasteiger partial charge is 0.347 e. The first-order valence-electron chi connectivity index (χ1n) is 8.97. The summed E-state index contributed by atoms with van der Waals surface area (Å²) in [6, 6.07) is 9.47. The number of hydrogen-bond donors (Lipinski definition) is 3. The summed E-state index contributed by atoms with van der Waals surface area (Å²) in [6.45, 7) is 1.09. The van der Waals surface area contributed by atoms with Gasteiger partial charge in [-0.1, -0.05) is 34.8 Å². The Bertz CT molecular complexity index is 1040. The van der Waals surface area contributed by atoms with Gasteiger partial charge in [-0.25, -0.2) is 0 Å². The third kappa shape index (κ3) is 5.76. The van der Waals surface area contributed by atoms with Crippen LogP contribution in [-0.2, 0) is 14.4 Å². The summed E-state index contributed by atoms with van der Waals surface area (Å²) >= 11 is 30.9. The number of hydrogen-bond acceptors (Lipinski definition) is 3. The lowest BCUT2D eigenvalue weighted by Crippen LogP contribution is -2.31. The molecule has 3 N–H and O–H groups in total. The number of carbonyl (C=O) groups excluding carboxylic acids is 3. The molecule has 3 rings (SSSR count). The average Bonchev–Trinajstić information content (AvgIpc) is 3.24. The van der Waals surface area contributed by atoms with E-state index in [-0.39, 0.29) is 23.2 Å². The van der Waals surface area contributed by atoms with Crippen LogP contribution < -0.4 is 16.0 Å². The van der Waals surface area contributed by atoms with Crippen LogP contribution in [0.3, 0.4) is 0 Å². The Hall–Kier alpha value is -1.70. The predicted octanol–water partition coefficient (Wildman–Crippen LogP) is 5.25. The van der Waals surface area contributed by atoms with Gasteiger partial charge in [0, 0.05) is 28.6 Å². The van der Waals surface area contributed by atoms with E-state index in [1.165, 1.54) is 19.1 Å². The van der Waals surface area contributed by atoms with Crippen molar-refractivity contribution in [2.75, 3.05) is 17.2 Å². The highest BCUT2D eigenvalue weighted by Gasteiger charge is 2.67. The number of anilines is 2. The van der Waals surface area contributed by atoms with Crippen molar-refractivity contribution in [2.24, 2.45) is 5.92 Å². The standard InChI is InChI=1S/C20H16Cl5N3O3/c1-9(29)26-8-16(30)28-15-7-13(2-3-14(15)23)27-19(31)18-17(20(18,24)25)10-4-11(21)6-12(22)5-10/h2-7,17-18H,8H2,1H3,(H,26,29)(H,27,31)(H,28,30). The molecule has 0 aliphatic heterocycles. The fraction of sp³-hybridized carbons (Fsp3) is 0.250. The maximum Gasteiger partial charge on any atom is 0.243 e. The number of halogens is 5. The zero-order valence-electron chi connectivity index (χ0n) is 15.9. The summed E-state index contributed by atoms with van der Waals surface area (Å²) in [5.74, 6) is -2.45. The lowest BCUT2D eigenvalue weighted by atomic mass is 10.1. The predicted molar refractivity (Wildman–Crippen MR) is 125 cm³/mol. The molecule has 2 aromatic rings. The van der Waals surface area contributed by atoms with Crippen molar-refractivity contribution in [1.29, 1.82) is 0 Å². The van der Waals surface area contributed by atoms with Crippen molar-refractivity contribution in [2.45, 2.75) is 17.2 Å². The lowest BCUT2D eigenvalue weighted by molar-refractivity contribution is -0.122. The highest BCUT2D eigenvalue weighted by molar-refractivity contribution is 6.53. The van der Waals surface area contributed by atoms with Crippen LogP contribution in [0.4, 0.5) is 11.4 Å². The smallest absolute Gasteiger partial charge is 0.243 e. The van der Waals surface area contributed by atoms with Crippen molar-refractivity contribution in [3.8, 4) is 0 Å². The van der Waals surface area contributed by atoms with Gasteiger partial charge in [-0.2, -0.15) is 0 Å². The van der Waals surface area contributed by atoms with Crippen molar-refractivity contribution in [3.63, 3.8) is 0 Å². The van der Waals surface area contributed by atoms with Gasteiger partial charge in [0.05, 0.1) is 23.2 Å². The number of nitrogens with one attached hydrogen (secondary N) is 3. The van der Waals surface area contributed by atoms with E-state index in [0.29, 0.717) is 21.3 Å². The van der Waals surface area contributed by atoms with Crippen molar-refractivity contribution < 1.29 is 14.4 Å². The lowest BCUT2D eigenvalue weighted by Gasteiger charge is -2.11. The number of amides is 3. The van der Waals surface area contributed by atoms with Gasteiger partial charge in [-0.15, -0.1) is 23.2 Å². The first kappa shape index (κ1) is 24.0. The fourth-order valence-electron chi connectivity index (χ4n) is 3.14. The molecular weight excluding hydrogens is 508 g/mol. The molecule has 31 heavy (non-hydrogen) atoms. The van der Waals surface area contributed by atoms with E-state index >= 15 is 0 Å². The fourth-order valence-corrected chi connectivity index (χ4v) is 4.68. The normalized spacial score (nSPS) is 18.8. The van der Waals surface area contributed by atoms with Crippen molar-refractivity contribution in [3.05, 3.63) is 57.0 Å². The molecule has 0 heterocycles. The minimum absolute atomic E-state index is 0.213. The van der Waals surface area contributed by atoms with Gasteiger partial charge in [-0.3, -0.25) is 14.4 Å². The summed E-state index contributed by atoms with van der Waals surface area (Å²) in [5.41, 5.74) is 1.31. The molecule has 1 fully saturated rings. The summed E-state index contributed by atoms with van der Waals surface area (Å²) in [5, 5.41) is 8.76. The molecule has 3 amide bonds. The zero-order valence-corrected chi connectivity index (χ0v) is 19.7. The van der Waals surface area contributed by atoms with Gasteiger partial charge >= 0.3 is 0 Å². The van der Waals surface area contributed by atoms with Crippen LogP contribution in [0.5, 0.6) is 0 Å². The van der Waals surface area contributed by atoms with Gasteiger partial charge in [0.2, 0.25) is 17.7 Å². The molecule has 0 bridgehead atoms. The highest BCUT2D eigenvalue weighted by atomic mass is 35.5. The first-order chi connectivity index (χ1) is 14.5. The molecule has 0 aromatic heterocycles. The monoisotopic (exact) mass is 521 g/mol. The highest BCUT2D eigenvalue weighted by Crippen LogP contribution is 2.65. The van der Waals surface area contributed by atoms with Crippen LogP contribution in [0.25, 0.3) is 0 Å². The Kier molecular flexibility index (Phi) is 7.28. The molecule has 0 radical (unpaired) electrons. The number of alkyl halides is 2. The van der Waals surface area contributed by atoms with E-state index in [0.717, 1.165) is 0 Å². The molecule has 0 spiro atoms. The Morgan fingerprint density at radius 1 is 0.968 bits per heavy atom. The van der Waals surface area contributed by atoms with Gasteiger partial charge < -0.3 is 16.0 Å². The molecule has 1 aliphatic carbocycles. The molecule has 2 atom stereocenters. The topological polar surface area (TPSA) is 87.3 Å². The van der Waals surface area contributed by atoms with Crippen LogP contribution in [-0.4, -0.2) is 28.6 Å². The molecule has 164 valence electrons. The Balaban J connectivity index is 1.71. The second-order valence-corrected chi connectivity index (χ2v) is 9.70. The van der Waals surface area contributed by atoms with Crippen molar-refractivity contribution in [1.82, 2.24) is 5.32 Å². The average molecular weight is 524 g/mol. The Labute approximate surface area is 203 Å². The molecular formula is C20H16Cl5N3O3. The van der Waals surface area contributed by atoms with Gasteiger partial charge in [-0.05, 0) is 42.0 Å². The Morgan fingerprint density at radius 3 is 2.23 bits per heavy atom. The second kappa shape index (κ2) is 9.43. The minimum atomic E-state index is -1.32. The third-order valence-electron chi connectivity index (χ3n) is 4.59. The SMILES string of the molecule is CC(=O)NCC(=O)Nc1cc(NC(=O)C2C(c3cc(Cl)cc(Cl)c3)C2(Cl)Cl)ccc1Cl. The van der Waals surface area contributed by atoms with Crippen LogP contribution >= 0.6 is 58.0 Å². The number of rotatable bonds is 6. The van der Waals surface area contributed by atoms with E-state index < -0.39 is 28.0 Å². The maximum absolute atomic E-state index is 12.8. The van der Waals surface area contributed by atoms with Crippen molar-refractivity contribution >= 4 is 87.1 Å². The molecule has 1 saturated carbocycles. The van der Waals surface area contributed by atoms with Crippen LogP contribution in [0.1, 0.15) is 18.4 Å². The minimum Gasteiger partial charge on any atom is -0.347 e. The zero-order chi connectivity index (χ0) is 22.9.